The minimum Gasteiger partial charge on any atom is -0.453 e. The van der Waals surface area contributed by atoms with E-state index in [4.69, 9.17) is 9.72 Å². The topological polar surface area (TPSA) is 184 Å². The largest absolute Gasteiger partial charge is 0.453 e. The fraction of sp³-hybridized carbons (Fsp3) is 0.487. The van der Waals surface area contributed by atoms with Gasteiger partial charge in [0, 0.05) is 36.0 Å². The molecular weight excluding hydrogens is 678 g/mol. The Kier molecular flexibility index (Phi) is 12.8. The highest BCUT2D eigenvalue weighted by Gasteiger charge is 2.38. The van der Waals surface area contributed by atoms with E-state index in [1.807, 2.05) is 70.3 Å². The molecule has 1 aromatic heterocycles. The van der Waals surface area contributed by atoms with Gasteiger partial charge in [0.2, 0.25) is 11.8 Å². The second-order valence-electron chi connectivity index (χ2n) is 14.4. The van der Waals surface area contributed by atoms with Crippen LogP contribution in [0.25, 0.3) is 22.4 Å². The van der Waals surface area contributed by atoms with Crippen LogP contribution in [0.1, 0.15) is 82.0 Å². The van der Waals surface area contributed by atoms with Gasteiger partial charge in [-0.15, -0.1) is 0 Å². The van der Waals surface area contributed by atoms with Gasteiger partial charge >= 0.3 is 12.2 Å². The normalized spacial score (nSPS) is 19.4. The van der Waals surface area contributed by atoms with E-state index in [0.29, 0.717) is 17.9 Å². The Morgan fingerprint density at radius 1 is 0.736 bits per heavy atom. The van der Waals surface area contributed by atoms with E-state index < -0.39 is 24.3 Å². The molecule has 1 unspecified atom stereocenters. The van der Waals surface area contributed by atoms with Gasteiger partial charge in [0.05, 0.1) is 26.0 Å². The first-order valence-corrected chi connectivity index (χ1v) is 18.3. The van der Waals surface area contributed by atoms with Crippen LogP contribution in [-0.4, -0.2) is 89.7 Å². The van der Waals surface area contributed by atoms with Crippen LogP contribution in [0.15, 0.2) is 54.7 Å². The second kappa shape index (κ2) is 17.4. The van der Waals surface area contributed by atoms with Gasteiger partial charge in [-0.1, -0.05) is 64.1 Å². The number of hydrogen-bond acceptors (Lipinski definition) is 8. The number of aromatic amines is 1. The zero-order valence-corrected chi connectivity index (χ0v) is 31.2. The lowest BCUT2D eigenvalue weighted by Crippen LogP contribution is -2.55. The lowest BCUT2D eigenvalue weighted by molar-refractivity contribution is -0.135. The summed E-state index contributed by atoms with van der Waals surface area (Å²) in [7, 11) is 2.53. The summed E-state index contributed by atoms with van der Waals surface area (Å²) in [4.78, 5) is 73.3. The molecule has 0 radical (unpaired) electrons. The molecule has 53 heavy (non-hydrogen) atoms. The molecule has 284 valence electrons. The first-order chi connectivity index (χ1) is 25.4. The molecule has 0 spiro atoms. The standard InChI is InChI=1S/C39H51N7O7/c1-22(2)32(44-38(50)52-5)36(48)43-29-10-7-9-28(29)42-35(47)27-18-14-25(15-19-27)24-12-16-26(17-13-24)30-21-40-34(41-30)31-11-8-20-46(31)37(49)33(23(3)4)45-39(51)53-6/h12-19,21-23,28-29,31-33H,7-11,20H2,1-6H3,(H,40,41)(H,42,47)(H,43,48)(H,44,50)(H,45,51)/t28-,29-,31?,32-,33-/m0/s1. The monoisotopic (exact) mass is 729 g/mol. The van der Waals surface area contributed by atoms with Gasteiger partial charge in [-0.25, -0.2) is 14.6 Å². The molecule has 2 fully saturated rings. The molecule has 0 bridgehead atoms. The Morgan fingerprint density at radius 2 is 1.28 bits per heavy atom. The molecule has 1 aliphatic heterocycles. The fourth-order valence-electron chi connectivity index (χ4n) is 7.05. The summed E-state index contributed by atoms with van der Waals surface area (Å²) in [5.41, 5.74) is 4.10. The number of carbonyl (C=O) groups is 5. The van der Waals surface area contributed by atoms with Crippen molar-refractivity contribution in [3.05, 3.63) is 66.1 Å². The lowest BCUT2D eigenvalue weighted by atomic mass is 10.0. The van der Waals surface area contributed by atoms with Crippen LogP contribution in [-0.2, 0) is 19.1 Å². The summed E-state index contributed by atoms with van der Waals surface area (Å²) in [6.07, 6.45) is 4.45. The Balaban J connectivity index is 1.19. The third-order valence-electron chi connectivity index (χ3n) is 10.1. The lowest BCUT2D eigenvalue weighted by Gasteiger charge is -2.29. The van der Waals surface area contributed by atoms with Crippen molar-refractivity contribution in [3.63, 3.8) is 0 Å². The number of hydrogen-bond donors (Lipinski definition) is 5. The van der Waals surface area contributed by atoms with Crippen molar-refractivity contribution in [2.24, 2.45) is 11.8 Å². The van der Waals surface area contributed by atoms with Crippen molar-refractivity contribution in [1.82, 2.24) is 36.1 Å². The van der Waals surface area contributed by atoms with Gasteiger partial charge in [0.15, 0.2) is 0 Å². The molecule has 14 nitrogen and oxygen atoms in total. The molecule has 2 aromatic carbocycles. The van der Waals surface area contributed by atoms with Gasteiger partial charge < -0.3 is 40.6 Å². The van der Waals surface area contributed by atoms with Crippen molar-refractivity contribution in [2.45, 2.75) is 90.0 Å². The van der Waals surface area contributed by atoms with Crippen LogP contribution in [0.3, 0.4) is 0 Å². The zero-order chi connectivity index (χ0) is 38.2. The molecule has 5 amide bonds. The van der Waals surface area contributed by atoms with Gasteiger partial charge in [-0.05, 0) is 67.2 Å². The molecule has 5 rings (SSSR count). The molecule has 5 atom stereocenters. The van der Waals surface area contributed by atoms with Crippen LogP contribution in [0.4, 0.5) is 9.59 Å². The van der Waals surface area contributed by atoms with E-state index in [9.17, 15) is 24.0 Å². The van der Waals surface area contributed by atoms with Crippen LogP contribution < -0.4 is 21.3 Å². The number of carbonyl (C=O) groups excluding carboxylic acids is 5. The summed E-state index contributed by atoms with van der Waals surface area (Å²) < 4.78 is 9.41. The van der Waals surface area contributed by atoms with Crippen molar-refractivity contribution >= 4 is 29.9 Å². The average Bonchev–Trinajstić information content (AvgIpc) is 3.94. The summed E-state index contributed by atoms with van der Waals surface area (Å²) >= 11 is 0. The molecule has 1 saturated heterocycles. The number of rotatable bonds is 12. The number of ether oxygens (including phenoxy) is 2. The summed E-state index contributed by atoms with van der Waals surface area (Å²) in [5, 5.41) is 11.4. The minimum atomic E-state index is -0.750. The number of likely N-dealkylation sites (tertiary alicyclic amines) is 1. The highest BCUT2D eigenvalue weighted by Crippen LogP contribution is 2.33. The van der Waals surface area contributed by atoms with Crippen molar-refractivity contribution in [3.8, 4) is 22.4 Å². The predicted molar refractivity (Wildman–Crippen MR) is 199 cm³/mol. The molecule has 2 heterocycles. The minimum absolute atomic E-state index is 0.115. The van der Waals surface area contributed by atoms with Crippen LogP contribution in [0, 0.1) is 11.8 Å². The third kappa shape index (κ3) is 9.34. The summed E-state index contributed by atoms with van der Waals surface area (Å²) in [5.74, 6) is -0.246. The predicted octanol–water partition coefficient (Wildman–Crippen LogP) is 4.94. The molecule has 1 saturated carbocycles. The number of nitrogens with zero attached hydrogens (tertiary/aromatic N) is 2. The number of imidazole rings is 1. The van der Waals surface area contributed by atoms with E-state index in [1.54, 1.807) is 17.0 Å². The first kappa shape index (κ1) is 38.8. The fourth-order valence-corrected chi connectivity index (χ4v) is 7.05. The Labute approximate surface area is 310 Å². The quantitative estimate of drug-likeness (QED) is 0.174. The number of nitrogens with one attached hydrogen (secondary N) is 5. The maximum absolute atomic E-state index is 13.5. The number of alkyl carbamates (subject to hydrolysis) is 2. The van der Waals surface area contributed by atoms with E-state index in [2.05, 4.69) is 31.0 Å². The number of methoxy groups -OCH3 is 2. The zero-order valence-electron chi connectivity index (χ0n) is 31.2. The van der Waals surface area contributed by atoms with Gasteiger partial charge in [0.1, 0.15) is 17.9 Å². The van der Waals surface area contributed by atoms with E-state index in [0.717, 1.165) is 54.5 Å². The smallest absolute Gasteiger partial charge is 0.407 e. The van der Waals surface area contributed by atoms with Crippen molar-refractivity contribution in [2.75, 3.05) is 20.8 Å². The highest BCUT2D eigenvalue weighted by atomic mass is 16.5. The summed E-state index contributed by atoms with van der Waals surface area (Å²) in [6.45, 7) is 8.04. The van der Waals surface area contributed by atoms with E-state index >= 15 is 0 Å². The maximum Gasteiger partial charge on any atom is 0.407 e. The second-order valence-corrected chi connectivity index (χ2v) is 14.4. The van der Waals surface area contributed by atoms with Crippen LogP contribution in [0.2, 0.25) is 0 Å². The van der Waals surface area contributed by atoms with Crippen molar-refractivity contribution < 1.29 is 33.4 Å². The molecule has 3 aromatic rings. The Hall–Kier alpha value is -5.40. The Morgan fingerprint density at radius 3 is 1.87 bits per heavy atom. The highest BCUT2D eigenvalue weighted by molar-refractivity contribution is 5.95. The molecule has 1 aliphatic carbocycles. The number of H-pyrrole nitrogens is 1. The molecule has 2 aliphatic rings. The number of amides is 5. The number of aromatic nitrogens is 2. The van der Waals surface area contributed by atoms with E-state index in [-0.39, 0.29) is 47.7 Å². The van der Waals surface area contributed by atoms with Gasteiger partial charge in [-0.3, -0.25) is 14.4 Å². The van der Waals surface area contributed by atoms with E-state index in [1.165, 1.54) is 14.2 Å². The van der Waals surface area contributed by atoms with Gasteiger partial charge in [0.25, 0.3) is 5.91 Å². The average molecular weight is 730 g/mol. The SMILES string of the molecule is COC(=O)N[C@H](C(=O)N[C@H]1CCC[C@@H]1NC(=O)c1ccc(-c2ccc(-c3c[nH]c(C4CCCN4C(=O)[C@@H](NC(=O)OC)C(C)C)n3)cc2)cc1)C(C)C. The first-order valence-electron chi connectivity index (χ1n) is 18.3. The van der Waals surface area contributed by atoms with Crippen LogP contribution >= 0.6 is 0 Å². The maximum atomic E-state index is 13.5. The Bertz CT molecular complexity index is 1760. The van der Waals surface area contributed by atoms with Gasteiger partial charge in [-0.2, -0.15) is 0 Å². The van der Waals surface area contributed by atoms with Crippen LogP contribution in [0.5, 0.6) is 0 Å². The molecule has 14 heteroatoms. The third-order valence-corrected chi connectivity index (χ3v) is 10.1. The number of benzene rings is 2. The molecular formula is C39H51N7O7. The summed E-state index contributed by atoms with van der Waals surface area (Å²) in [6, 6.07) is 13.2. The van der Waals surface area contributed by atoms with Crippen molar-refractivity contribution in [1.29, 1.82) is 0 Å². The molecule has 5 N–H and O–H groups in total.